The molecule has 0 fully saturated rings. The van der Waals surface area contributed by atoms with E-state index in [0.717, 1.165) is 5.56 Å². The van der Waals surface area contributed by atoms with Gasteiger partial charge in [-0.2, -0.15) is 0 Å². The van der Waals surface area contributed by atoms with Gasteiger partial charge in [0.25, 0.3) is 0 Å². The molecule has 0 heterocycles. The maximum absolute atomic E-state index is 13.0. The summed E-state index contributed by atoms with van der Waals surface area (Å²) in [7, 11) is 1.53. The Kier molecular flexibility index (Phi) is 5.02. The fourth-order valence-electron chi connectivity index (χ4n) is 1.90. The summed E-state index contributed by atoms with van der Waals surface area (Å²) < 4.78 is 18.7. The van der Waals surface area contributed by atoms with Gasteiger partial charge in [0.15, 0.2) is 0 Å². The van der Waals surface area contributed by atoms with Crippen LogP contribution in [0, 0.1) is 5.82 Å². The van der Waals surface area contributed by atoms with E-state index in [9.17, 15) is 9.50 Å². The summed E-state index contributed by atoms with van der Waals surface area (Å²) >= 11 is 9.32. The van der Waals surface area contributed by atoms with Gasteiger partial charge in [0.05, 0.1) is 18.2 Å². The Morgan fingerprint density at radius 3 is 2.65 bits per heavy atom. The van der Waals surface area contributed by atoms with E-state index < -0.39 is 6.10 Å². The molecule has 0 aliphatic rings. The van der Waals surface area contributed by atoms with Crippen molar-refractivity contribution in [1.82, 2.24) is 0 Å². The molecule has 0 amide bonds. The van der Waals surface area contributed by atoms with Crippen LogP contribution in [-0.2, 0) is 6.42 Å². The predicted molar refractivity (Wildman–Crippen MR) is 80.8 cm³/mol. The zero-order chi connectivity index (χ0) is 14.7. The van der Waals surface area contributed by atoms with Crippen LogP contribution in [0.3, 0.4) is 0 Å². The molecule has 0 bridgehead atoms. The Morgan fingerprint density at radius 2 is 2.05 bits per heavy atom. The summed E-state index contributed by atoms with van der Waals surface area (Å²) in [5.41, 5.74) is 1.51. The van der Waals surface area contributed by atoms with Gasteiger partial charge in [-0.1, -0.05) is 39.7 Å². The zero-order valence-corrected chi connectivity index (χ0v) is 13.1. The lowest BCUT2D eigenvalue weighted by molar-refractivity contribution is 0.178. The van der Waals surface area contributed by atoms with Gasteiger partial charge < -0.3 is 9.84 Å². The maximum atomic E-state index is 13.0. The summed E-state index contributed by atoms with van der Waals surface area (Å²) in [4.78, 5) is 0. The lowest BCUT2D eigenvalue weighted by Crippen LogP contribution is -2.03. The molecule has 0 spiro atoms. The first-order valence-corrected chi connectivity index (χ1v) is 7.14. The molecule has 2 rings (SSSR count). The Hall–Kier alpha value is -1.10. The van der Waals surface area contributed by atoms with E-state index in [2.05, 4.69) is 15.9 Å². The van der Waals surface area contributed by atoms with Crippen molar-refractivity contribution < 1.29 is 14.2 Å². The molecule has 0 radical (unpaired) electrons. The minimum atomic E-state index is -0.722. The molecule has 0 aromatic heterocycles. The van der Waals surface area contributed by atoms with Crippen molar-refractivity contribution in [2.24, 2.45) is 0 Å². The number of methoxy groups -OCH3 is 1. The van der Waals surface area contributed by atoms with Gasteiger partial charge in [0.1, 0.15) is 11.6 Å². The summed E-state index contributed by atoms with van der Waals surface area (Å²) in [6, 6.07) is 9.53. The van der Waals surface area contributed by atoms with Gasteiger partial charge in [-0.3, -0.25) is 0 Å². The molecular formula is C15H13BrClFO2. The standard InChI is InChI=1S/C15H13BrClFO2/c1-20-15-5-3-10(6-13(15)17)14(19)7-9-2-4-11(18)8-12(9)16/h2-6,8,14,19H,7H2,1H3. The van der Waals surface area contributed by atoms with Crippen molar-refractivity contribution in [1.29, 1.82) is 0 Å². The smallest absolute Gasteiger partial charge is 0.137 e. The molecular weight excluding hydrogens is 347 g/mol. The highest BCUT2D eigenvalue weighted by Gasteiger charge is 2.13. The number of halogens is 3. The van der Waals surface area contributed by atoms with Crippen LogP contribution in [0.1, 0.15) is 17.2 Å². The number of benzene rings is 2. The van der Waals surface area contributed by atoms with Crippen molar-refractivity contribution in [3.8, 4) is 5.75 Å². The van der Waals surface area contributed by atoms with E-state index in [0.29, 0.717) is 27.2 Å². The third-order valence-corrected chi connectivity index (χ3v) is 4.02. The molecule has 106 valence electrons. The molecule has 2 aromatic carbocycles. The van der Waals surface area contributed by atoms with Crippen LogP contribution in [-0.4, -0.2) is 12.2 Å². The quantitative estimate of drug-likeness (QED) is 0.869. The van der Waals surface area contributed by atoms with E-state index in [4.69, 9.17) is 16.3 Å². The molecule has 0 saturated carbocycles. The molecule has 2 nitrogen and oxygen atoms in total. The van der Waals surface area contributed by atoms with Crippen LogP contribution in [0.4, 0.5) is 4.39 Å². The van der Waals surface area contributed by atoms with Gasteiger partial charge in [0, 0.05) is 10.9 Å². The predicted octanol–water partition coefficient (Wildman–Crippen LogP) is 4.53. The number of rotatable bonds is 4. The van der Waals surface area contributed by atoms with Crippen molar-refractivity contribution in [3.63, 3.8) is 0 Å². The van der Waals surface area contributed by atoms with Gasteiger partial charge in [0.2, 0.25) is 0 Å². The number of ether oxygens (including phenoxy) is 1. The molecule has 0 aliphatic heterocycles. The normalized spacial score (nSPS) is 12.2. The van der Waals surface area contributed by atoms with Gasteiger partial charge in [-0.15, -0.1) is 0 Å². The largest absolute Gasteiger partial charge is 0.495 e. The Labute approximate surface area is 130 Å². The summed E-state index contributed by atoms with van der Waals surface area (Å²) in [5, 5.41) is 10.7. The van der Waals surface area contributed by atoms with E-state index in [1.807, 2.05) is 0 Å². The molecule has 20 heavy (non-hydrogen) atoms. The van der Waals surface area contributed by atoms with E-state index in [1.165, 1.54) is 19.2 Å². The molecule has 1 unspecified atom stereocenters. The van der Waals surface area contributed by atoms with Crippen LogP contribution in [0.25, 0.3) is 0 Å². The van der Waals surface area contributed by atoms with E-state index in [1.54, 1.807) is 24.3 Å². The van der Waals surface area contributed by atoms with Crippen molar-refractivity contribution in [2.75, 3.05) is 7.11 Å². The Bertz CT molecular complexity index is 619. The van der Waals surface area contributed by atoms with Crippen LogP contribution in [0.15, 0.2) is 40.9 Å². The topological polar surface area (TPSA) is 29.5 Å². The lowest BCUT2D eigenvalue weighted by atomic mass is 10.0. The SMILES string of the molecule is COc1ccc(C(O)Cc2ccc(F)cc2Br)cc1Cl. The number of aliphatic hydroxyl groups is 1. The van der Waals surface area contributed by atoms with E-state index in [-0.39, 0.29) is 5.82 Å². The third kappa shape index (κ3) is 3.51. The van der Waals surface area contributed by atoms with Crippen LogP contribution in [0.5, 0.6) is 5.75 Å². The number of hydrogen-bond donors (Lipinski definition) is 1. The van der Waals surface area contributed by atoms with Crippen LogP contribution >= 0.6 is 27.5 Å². The van der Waals surface area contributed by atoms with Crippen LogP contribution < -0.4 is 4.74 Å². The number of aliphatic hydroxyl groups excluding tert-OH is 1. The monoisotopic (exact) mass is 358 g/mol. The summed E-state index contributed by atoms with van der Waals surface area (Å²) in [5.74, 6) is 0.244. The van der Waals surface area contributed by atoms with Crippen molar-refractivity contribution in [2.45, 2.75) is 12.5 Å². The fourth-order valence-corrected chi connectivity index (χ4v) is 2.68. The summed E-state index contributed by atoms with van der Waals surface area (Å²) in [6.45, 7) is 0. The Morgan fingerprint density at radius 1 is 1.30 bits per heavy atom. The first-order chi connectivity index (χ1) is 9.51. The van der Waals surface area contributed by atoms with Gasteiger partial charge >= 0.3 is 0 Å². The second-order valence-corrected chi connectivity index (χ2v) is 5.61. The second-order valence-electron chi connectivity index (χ2n) is 4.35. The molecule has 5 heteroatoms. The second kappa shape index (κ2) is 6.57. The molecule has 2 aromatic rings. The zero-order valence-electron chi connectivity index (χ0n) is 10.7. The first kappa shape index (κ1) is 15.3. The number of hydrogen-bond acceptors (Lipinski definition) is 2. The summed E-state index contributed by atoms with van der Waals surface area (Å²) in [6.07, 6.45) is -0.357. The van der Waals surface area contributed by atoms with Crippen molar-refractivity contribution in [3.05, 3.63) is 62.8 Å². The van der Waals surface area contributed by atoms with E-state index >= 15 is 0 Å². The third-order valence-electron chi connectivity index (χ3n) is 2.99. The van der Waals surface area contributed by atoms with Gasteiger partial charge in [-0.05, 0) is 35.4 Å². The van der Waals surface area contributed by atoms with Crippen LogP contribution in [0.2, 0.25) is 5.02 Å². The highest BCUT2D eigenvalue weighted by molar-refractivity contribution is 9.10. The average molecular weight is 360 g/mol. The average Bonchev–Trinajstić information content (AvgIpc) is 2.41. The Balaban J connectivity index is 2.19. The van der Waals surface area contributed by atoms with Crippen molar-refractivity contribution >= 4 is 27.5 Å². The highest BCUT2D eigenvalue weighted by Crippen LogP contribution is 2.30. The lowest BCUT2D eigenvalue weighted by Gasteiger charge is -2.14. The molecule has 1 N–H and O–H groups in total. The minimum absolute atomic E-state index is 0.317. The molecule has 1 atom stereocenters. The first-order valence-electron chi connectivity index (χ1n) is 5.96. The van der Waals surface area contributed by atoms with Gasteiger partial charge in [-0.25, -0.2) is 4.39 Å². The molecule has 0 saturated heterocycles. The minimum Gasteiger partial charge on any atom is -0.495 e. The highest BCUT2D eigenvalue weighted by atomic mass is 79.9. The maximum Gasteiger partial charge on any atom is 0.137 e. The fraction of sp³-hybridized carbons (Fsp3) is 0.200. The molecule has 0 aliphatic carbocycles.